The highest BCUT2D eigenvalue weighted by Crippen LogP contribution is 2.33. The van der Waals surface area contributed by atoms with E-state index < -0.39 is 22.5 Å². The predicted octanol–water partition coefficient (Wildman–Crippen LogP) is 4.36. The monoisotopic (exact) mass is 458 g/mol. The van der Waals surface area contributed by atoms with Crippen LogP contribution in [0.3, 0.4) is 0 Å². The summed E-state index contributed by atoms with van der Waals surface area (Å²) in [4.78, 5) is 12.6. The van der Waals surface area contributed by atoms with E-state index in [0.29, 0.717) is 5.75 Å². The maximum absolute atomic E-state index is 13.4. The number of hydrogen-bond acceptors (Lipinski definition) is 4. The lowest BCUT2D eigenvalue weighted by Crippen LogP contribution is -2.45. The van der Waals surface area contributed by atoms with Crippen LogP contribution in [0.15, 0.2) is 47.4 Å². The molecule has 2 rings (SSSR count). The summed E-state index contributed by atoms with van der Waals surface area (Å²) < 4.78 is 33.1. The number of nitrogens with one attached hydrogen (secondary N) is 1. The number of hydrogen-bond donors (Lipinski definition) is 1. The minimum absolute atomic E-state index is 0.0810. The highest BCUT2D eigenvalue weighted by molar-refractivity contribution is 7.92. The summed E-state index contributed by atoms with van der Waals surface area (Å²) in [6.07, 6.45) is 0. The lowest BCUT2D eigenvalue weighted by Gasteiger charge is -2.27. The van der Waals surface area contributed by atoms with Crippen molar-refractivity contribution in [3.05, 3.63) is 52.5 Å². The number of anilines is 1. The van der Waals surface area contributed by atoms with Gasteiger partial charge in [-0.05, 0) is 43.2 Å². The molecular formula is C20H24Cl2N2O4S. The second kappa shape index (κ2) is 9.69. The van der Waals surface area contributed by atoms with Gasteiger partial charge >= 0.3 is 0 Å². The van der Waals surface area contributed by atoms with Crippen LogP contribution in [0.4, 0.5) is 5.69 Å². The minimum atomic E-state index is -4.13. The van der Waals surface area contributed by atoms with E-state index in [9.17, 15) is 13.2 Å². The van der Waals surface area contributed by atoms with E-state index in [1.165, 1.54) is 25.3 Å². The zero-order valence-electron chi connectivity index (χ0n) is 16.6. The fourth-order valence-corrected chi connectivity index (χ4v) is 4.32. The Morgan fingerprint density at radius 3 is 2.34 bits per heavy atom. The van der Waals surface area contributed by atoms with Crippen LogP contribution in [0.25, 0.3) is 0 Å². The average molecular weight is 459 g/mol. The van der Waals surface area contributed by atoms with Gasteiger partial charge in [0.1, 0.15) is 12.3 Å². The maximum atomic E-state index is 13.4. The molecule has 1 unspecified atom stereocenters. The van der Waals surface area contributed by atoms with Crippen LogP contribution in [0.1, 0.15) is 20.8 Å². The molecule has 29 heavy (non-hydrogen) atoms. The molecule has 0 aliphatic heterocycles. The SMILES string of the molecule is COc1ccccc1N(CC(=O)NC(C)C(C)C)S(=O)(=O)c1ccc(Cl)c(Cl)c1. The van der Waals surface area contributed by atoms with Gasteiger partial charge in [0.15, 0.2) is 0 Å². The highest BCUT2D eigenvalue weighted by atomic mass is 35.5. The topological polar surface area (TPSA) is 75.7 Å². The molecule has 0 saturated heterocycles. The van der Waals surface area contributed by atoms with Crippen molar-refractivity contribution in [2.75, 3.05) is 18.0 Å². The zero-order valence-corrected chi connectivity index (χ0v) is 19.0. The third kappa shape index (κ3) is 5.56. The molecule has 0 saturated carbocycles. The van der Waals surface area contributed by atoms with Gasteiger partial charge in [0, 0.05) is 6.04 Å². The Morgan fingerprint density at radius 2 is 1.76 bits per heavy atom. The average Bonchev–Trinajstić information content (AvgIpc) is 2.67. The van der Waals surface area contributed by atoms with Crippen LogP contribution in [-0.4, -0.2) is 34.0 Å². The van der Waals surface area contributed by atoms with Crippen molar-refractivity contribution in [3.63, 3.8) is 0 Å². The Kier molecular flexibility index (Phi) is 7.80. The van der Waals surface area contributed by atoms with Crippen LogP contribution in [0, 0.1) is 5.92 Å². The van der Waals surface area contributed by atoms with Crippen molar-refractivity contribution in [2.45, 2.75) is 31.7 Å². The van der Waals surface area contributed by atoms with E-state index >= 15 is 0 Å². The molecule has 0 heterocycles. The first-order chi connectivity index (χ1) is 13.6. The quantitative estimate of drug-likeness (QED) is 0.637. The van der Waals surface area contributed by atoms with Crippen molar-refractivity contribution >= 4 is 44.8 Å². The lowest BCUT2D eigenvalue weighted by molar-refractivity contribution is -0.120. The number of para-hydroxylation sites is 2. The molecule has 6 nitrogen and oxygen atoms in total. The third-order valence-electron chi connectivity index (χ3n) is 4.51. The fraction of sp³-hybridized carbons (Fsp3) is 0.350. The number of methoxy groups -OCH3 is 1. The lowest BCUT2D eigenvalue weighted by atomic mass is 10.1. The first kappa shape index (κ1) is 23.3. The molecular weight excluding hydrogens is 435 g/mol. The number of carbonyl (C=O) groups excluding carboxylic acids is 1. The first-order valence-corrected chi connectivity index (χ1v) is 11.2. The van der Waals surface area contributed by atoms with Crippen molar-refractivity contribution in [1.29, 1.82) is 0 Å². The van der Waals surface area contributed by atoms with E-state index in [0.717, 1.165) is 4.31 Å². The van der Waals surface area contributed by atoms with Gasteiger partial charge in [-0.15, -0.1) is 0 Å². The van der Waals surface area contributed by atoms with Gasteiger partial charge in [0.2, 0.25) is 5.91 Å². The Hall–Kier alpha value is -1.96. The normalized spacial score (nSPS) is 12.5. The van der Waals surface area contributed by atoms with Gasteiger partial charge in [-0.25, -0.2) is 8.42 Å². The number of halogens is 2. The van der Waals surface area contributed by atoms with Crippen LogP contribution < -0.4 is 14.4 Å². The van der Waals surface area contributed by atoms with Gasteiger partial charge in [-0.3, -0.25) is 9.10 Å². The summed E-state index contributed by atoms with van der Waals surface area (Å²) in [7, 11) is -2.69. The van der Waals surface area contributed by atoms with E-state index in [2.05, 4.69) is 5.32 Å². The van der Waals surface area contributed by atoms with Gasteiger partial charge in [0.05, 0.1) is 27.7 Å². The number of amides is 1. The smallest absolute Gasteiger partial charge is 0.264 e. The first-order valence-electron chi connectivity index (χ1n) is 8.98. The molecule has 9 heteroatoms. The van der Waals surface area contributed by atoms with E-state index in [4.69, 9.17) is 27.9 Å². The molecule has 2 aromatic carbocycles. The molecule has 0 bridgehead atoms. The summed E-state index contributed by atoms with van der Waals surface area (Å²) in [5, 5.41) is 3.16. The van der Waals surface area contributed by atoms with E-state index in [-0.39, 0.29) is 32.6 Å². The van der Waals surface area contributed by atoms with Gasteiger partial charge < -0.3 is 10.1 Å². The van der Waals surface area contributed by atoms with Crippen LogP contribution >= 0.6 is 23.2 Å². The van der Waals surface area contributed by atoms with Crippen molar-refractivity contribution in [2.24, 2.45) is 5.92 Å². The Balaban J connectivity index is 2.51. The highest BCUT2D eigenvalue weighted by Gasteiger charge is 2.30. The Bertz CT molecular complexity index is 980. The number of ether oxygens (including phenoxy) is 1. The predicted molar refractivity (Wildman–Crippen MR) is 116 cm³/mol. The molecule has 0 aliphatic rings. The molecule has 1 amide bonds. The van der Waals surface area contributed by atoms with Crippen LogP contribution in [0.5, 0.6) is 5.75 Å². The molecule has 158 valence electrons. The molecule has 1 N–H and O–H groups in total. The number of benzene rings is 2. The number of nitrogens with zero attached hydrogens (tertiary/aromatic N) is 1. The Morgan fingerprint density at radius 1 is 1.10 bits per heavy atom. The van der Waals surface area contributed by atoms with E-state index in [1.54, 1.807) is 24.3 Å². The van der Waals surface area contributed by atoms with Crippen molar-refractivity contribution < 1.29 is 17.9 Å². The van der Waals surface area contributed by atoms with Crippen LogP contribution in [-0.2, 0) is 14.8 Å². The van der Waals surface area contributed by atoms with Gasteiger partial charge in [-0.2, -0.15) is 0 Å². The summed E-state index contributed by atoms with van der Waals surface area (Å²) in [5.41, 5.74) is 0.244. The summed E-state index contributed by atoms with van der Waals surface area (Å²) in [6, 6.07) is 10.5. The second-order valence-corrected chi connectivity index (χ2v) is 9.54. The number of rotatable bonds is 8. The van der Waals surface area contributed by atoms with Crippen molar-refractivity contribution in [3.8, 4) is 5.75 Å². The number of carbonyl (C=O) groups is 1. The standard InChI is InChI=1S/C20H24Cl2N2O4S/c1-13(2)14(3)23-20(25)12-24(18-7-5-6-8-19(18)28-4)29(26,27)15-9-10-16(21)17(22)11-15/h5-11,13-14H,12H2,1-4H3,(H,23,25). The summed E-state index contributed by atoms with van der Waals surface area (Å²) in [6.45, 7) is 5.38. The summed E-state index contributed by atoms with van der Waals surface area (Å²) in [5.74, 6) is 0.0897. The molecule has 0 aliphatic carbocycles. The third-order valence-corrected chi connectivity index (χ3v) is 7.00. The summed E-state index contributed by atoms with van der Waals surface area (Å²) >= 11 is 11.9. The van der Waals surface area contributed by atoms with Crippen LogP contribution in [0.2, 0.25) is 10.0 Å². The van der Waals surface area contributed by atoms with Crippen molar-refractivity contribution in [1.82, 2.24) is 5.32 Å². The molecule has 2 aromatic rings. The molecule has 0 spiro atoms. The molecule has 0 fully saturated rings. The van der Waals surface area contributed by atoms with Gasteiger partial charge in [-0.1, -0.05) is 49.2 Å². The maximum Gasteiger partial charge on any atom is 0.264 e. The Labute approximate surface area is 181 Å². The van der Waals surface area contributed by atoms with Gasteiger partial charge in [0.25, 0.3) is 10.0 Å². The minimum Gasteiger partial charge on any atom is -0.495 e. The fourth-order valence-electron chi connectivity index (χ4n) is 2.50. The molecule has 1 atom stereocenters. The molecule has 0 radical (unpaired) electrons. The largest absolute Gasteiger partial charge is 0.495 e. The second-order valence-electron chi connectivity index (χ2n) is 6.86. The van der Waals surface area contributed by atoms with E-state index in [1.807, 2.05) is 20.8 Å². The number of sulfonamides is 1. The zero-order chi connectivity index (χ0) is 21.8. The molecule has 0 aromatic heterocycles.